The van der Waals surface area contributed by atoms with Gasteiger partial charge in [-0.25, -0.2) is 4.39 Å². The van der Waals surface area contributed by atoms with E-state index < -0.39 is 0 Å². The van der Waals surface area contributed by atoms with Gasteiger partial charge in [0.15, 0.2) is 0 Å². The first-order valence-electron chi connectivity index (χ1n) is 7.82. The molecule has 0 bridgehead atoms. The normalized spacial score (nSPS) is 17.4. The number of halogens is 1. The predicted molar refractivity (Wildman–Crippen MR) is 80.6 cm³/mol. The molecule has 3 heteroatoms. The van der Waals surface area contributed by atoms with Gasteiger partial charge in [0.25, 0.3) is 0 Å². The maximum atomic E-state index is 14.3. The Kier molecular flexibility index (Phi) is 5.84. The second kappa shape index (κ2) is 7.63. The monoisotopic (exact) mass is 279 g/mol. The highest BCUT2D eigenvalue weighted by Crippen LogP contribution is 2.37. The Morgan fingerprint density at radius 3 is 2.75 bits per heavy atom. The molecule has 1 N–H and O–H groups in total. The number of ether oxygens (including phenoxy) is 1. The van der Waals surface area contributed by atoms with Crippen molar-refractivity contribution in [2.24, 2.45) is 5.92 Å². The van der Waals surface area contributed by atoms with Crippen LogP contribution in [0.4, 0.5) is 4.39 Å². The van der Waals surface area contributed by atoms with Crippen LogP contribution >= 0.6 is 0 Å². The Morgan fingerprint density at radius 2 is 2.10 bits per heavy atom. The molecule has 1 unspecified atom stereocenters. The fourth-order valence-corrected chi connectivity index (χ4v) is 3.23. The molecular formula is C17H26FNO. The lowest BCUT2D eigenvalue weighted by Gasteiger charge is -2.24. The quantitative estimate of drug-likeness (QED) is 0.796. The minimum Gasteiger partial charge on any atom is -0.496 e. The van der Waals surface area contributed by atoms with Crippen molar-refractivity contribution in [1.29, 1.82) is 0 Å². The highest BCUT2D eigenvalue weighted by molar-refractivity contribution is 5.37. The first kappa shape index (κ1) is 15.3. The molecule has 1 saturated carbocycles. The first-order valence-corrected chi connectivity index (χ1v) is 7.82. The van der Waals surface area contributed by atoms with Gasteiger partial charge in [-0.2, -0.15) is 0 Å². The molecule has 1 atom stereocenters. The van der Waals surface area contributed by atoms with Gasteiger partial charge in [-0.15, -0.1) is 0 Å². The number of hydrogen-bond donors (Lipinski definition) is 1. The summed E-state index contributed by atoms with van der Waals surface area (Å²) in [6.07, 6.45) is 7.26. The molecule has 0 spiro atoms. The molecule has 1 aromatic carbocycles. The van der Waals surface area contributed by atoms with Crippen LogP contribution in [-0.2, 0) is 0 Å². The van der Waals surface area contributed by atoms with Crippen molar-refractivity contribution >= 4 is 0 Å². The summed E-state index contributed by atoms with van der Waals surface area (Å²) < 4.78 is 19.6. The Hall–Kier alpha value is -1.09. The lowest BCUT2D eigenvalue weighted by atomic mass is 9.92. The van der Waals surface area contributed by atoms with Gasteiger partial charge in [-0.3, -0.25) is 0 Å². The molecule has 2 rings (SSSR count). The van der Waals surface area contributed by atoms with Crippen LogP contribution in [0.25, 0.3) is 0 Å². The molecule has 0 aromatic heterocycles. The summed E-state index contributed by atoms with van der Waals surface area (Å²) in [7, 11) is 1.62. The molecule has 2 nitrogen and oxygen atoms in total. The Morgan fingerprint density at radius 1 is 1.35 bits per heavy atom. The number of benzene rings is 1. The third kappa shape index (κ3) is 3.72. The fourth-order valence-electron chi connectivity index (χ4n) is 3.23. The van der Waals surface area contributed by atoms with Crippen molar-refractivity contribution < 1.29 is 9.13 Å². The topological polar surface area (TPSA) is 21.3 Å². The van der Waals surface area contributed by atoms with E-state index in [9.17, 15) is 4.39 Å². The van der Waals surface area contributed by atoms with Crippen molar-refractivity contribution in [2.75, 3.05) is 13.7 Å². The largest absolute Gasteiger partial charge is 0.496 e. The molecule has 0 amide bonds. The van der Waals surface area contributed by atoms with Crippen LogP contribution in [0.1, 0.15) is 57.1 Å². The fraction of sp³-hybridized carbons (Fsp3) is 0.647. The van der Waals surface area contributed by atoms with Crippen LogP contribution in [0, 0.1) is 11.7 Å². The van der Waals surface area contributed by atoms with Crippen LogP contribution in [0.2, 0.25) is 0 Å². The number of rotatable bonds is 7. The molecule has 1 aliphatic rings. The van der Waals surface area contributed by atoms with E-state index in [1.54, 1.807) is 13.2 Å². The smallest absolute Gasteiger partial charge is 0.131 e. The second-order valence-corrected chi connectivity index (χ2v) is 5.75. The highest BCUT2D eigenvalue weighted by atomic mass is 19.1. The minimum atomic E-state index is -0.157. The molecule has 1 aliphatic carbocycles. The van der Waals surface area contributed by atoms with Crippen molar-refractivity contribution in [1.82, 2.24) is 5.32 Å². The molecule has 0 radical (unpaired) electrons. The SMILES string of the molecule is CCCNC(CC1CCCC1)c1c(F)cccc1OC. The number of nitrogens with one attached hydrogen (secondary N) is 1. The Labute approximate surface area is 121 Å². The average molecular weight is 279 g/mol. The van der Waals surface area contributed by atoms with Crippen LogP contribution in [0.15, 0.2) is 18.2 Å². The molecular weight excluding hydrogens is 253 g/mol. The van der Waals surface area contributed by atoms with E-state index >= 15 is 0 Å². The van der Waals surface area contributed by atoms with Crippen LogP contribution in [0.3, 0.4) is 0 Å². The third-order valence-electron chi connectivity index (χ3n) is 4.27. The van der Waals surface area contributed by atoms with Crippen LogP contribution in [-0.4, -0.2) is 13.7 Å². The zero-order valence-corrected chi connectivity index (χ0v) is 12.6. The molecule has 0 aliphatic heterocycles. The summed E-state index contributed by atoms with van der Waals surface area (Å²) in [5, 5.41) is 3.51. The summed E-state index contributed by atoms with van der Waals surface area (Å²) in [5.41, 5.74) is 0.704. The molecule has 112 valence electrons. The van der Waals surface area contributed by atoms with Gasteiger partial charge in [0.2, 0.25) is 0 Å². The summed E-state index contributed by atoms with van der Waals surface area (Å²) in [4.78, 5) is 0. The average Bonchev–Trinajstić information content (AvgIpc) is 2.96. The van der Waals surface area contributed by atoms with Crippen LogP contribution in [0.5, 0.6) is 5.75 Å². The Balaban J connectivity index is 2.20. The molecule has 20 heavy (non-hydrogen) atoms. The van der Waals surface area contributed by atoms with E-state index in [0.29, 0.717) is 17.2 Å². The zero-order valence-electron chi connectivity index (χ0n) is 12.6. The number of methoxy groups -OCH3 is 1. The first-order chi connectivity index (χ1) is 9.76. The van der Waals surface area contributed by atoms with Gasteiger partial charge in [-0.05, 0) is 37.4 Å². The predicted octanol–water partition coefficient (Wildman–Crippen LogP) is 4.46. The maximum absolute atomic E-state index is 14.3. The zero-order chi connectivity index (χ0) is 14.4. The molecule has 0 saturated heterocycles. The molecule has 1 aromatic rings. The van der Waals surface area contributed by atoms with Gasteiger partial charge in [0.05, 0.1) is 7.11 Å². The van der Waals surface area contributed by atoms with E-state index in [2.05, 4.69) is 12.2 Å². The maximum Gasteiger partial charge on any atom is 0.131 e. The lowest BCUT2D eigenvalue weighted by Crippen LogP contribution is -2.25. The summed E-state index contributed by atoms with van der Waals surface area (Å²) >= 11 is 0. The van der Waals surface area contributed by atoms with Crippen molar-refractivity contribution in [2.45, 2.75) is 51.5 Å². The van der Waals surface area contributed by atoms with Gasteiger partial charge < -0.3 is 10.1 Å². The number of hydrogen-bond acceptors (Lipinski definition) is 2. The van der Waals surface area contributed by atoms with Gasteiger partial charge >= 0.3 is 0 Å². The summed E-state index contributed by atoms with van der Waals surface area (Å²) in [6, 6.07) is 5.17. The van der Waals surface area contributed by atoms with Crippen molar-refractivity contribution in [3.05, 3.63) is 29.6 Å². The second-order valence-electron chi connectivity index (χ2n) is 5.75. The van der Waals surface area contributed by atoms with Crippen LogP contribution < -0.4 is 10.1 Å². The van der Waals surface area contributed by atoms with E-state index in [-0.39, 0.29) is 11.9 Å². The van der Waals surface area contributed by atoms with E-state index in [1.807, 2.05) is 6.07 Å². The lowest BCUT2D eigenvalue weighted by molar-refractivity contribution is 0.356. The van der Waals surface area contributed by atoms with Gasteiger partial charge in [-0.1, -0.05) is 38.7 Å². The standard InChI is InChI=1S/C17H26FNO/c1-3-11-19-15(12-13-7-4-5-8-13)17-14(18)9-6-10-16(17)20-2/h6,9-10,13,15,19H,3-5,7-8,11-12H2,1-2H3. The highest BCUT2D eigenvalue weighted by Gasteiger charge is 2.25. The third-order valence-corrected chi connectivity index (χ3v) is 4.27. The van der Waals surface area contributed by atoms with Crippen molar-refractivity contribution in [3.8, 4) is 5.75 Å². The van der Waals surface area contributed by atoms with E-state index in [0.717, 1.165) is 19.4 Å². The van der Waals surface area contributed by atoms with Gasteiger partial charge in [0.1, 0.15) is 11.6 Å². The Bertz CT molecular complexity index is 415. The van der Waals surface area contributed by atoms with Crippen molar-refractivity contribution in [3.63, 3.8) is 0 Å². The van der Waals surface area contributed by atoms with E-state index in [1.165, 1.54) is 31.7 Å². The minimum absolute atomic E-state index is 0.0641. The molecule has 1 fully saturated rings. The van der Waals surface area contributed by atoms with E-state index in [4.69, 9.17) is 4.74 Å². The summed E-state index contributed by atoms with van der Waals surface area (Å²) in [5.74, 6) is 1.22. The summed E-state index contributed by atoms with van der Waals surface area (Å²) in [6.45, 7) is 3.05. The van der Waals surface area contributed by atoms with Gasteiger partial charge in [0, 0.05) is 11.6 Å². The molecule has 0 heterocycles.